The minimum Gasteiger partial charge on any atom is -0.309 e. The Kier molecular flexibility index (Phi) is 5.10. The maximum atomic E-state index is 8.72. The molecule has 0 radical (unpaired) electrons. The molecular weight excluding hydrogens is 569 g/mol. The number of aromatic nitrogens is 2. The molecule has 0 aliphatic carbocycles. The minimum absolute atomic E-state index is 0.184. The second kappa shape index (κ2) is 10.6. The Balaban J connectivity index is 1.30. The van der Waals surface area contributed by atoms with E-state index in [1.165, 1.54) is 21.9 Å². The standard InChI is InChI=1S/C45H34N2/c1-45(2,33-15-7-4-8-16-33)34-22-24-35(25-23-34)46-43-27-21-32(31-13-5-3-6-14-31)29-39(43)40-30-36(26-28-44(40)46)47-41-19-11-9-17-37(41)38-18-10-12-20-42(38)47/h3-30H,1-2H3/i3D,5D,6D,13D,14D. The molecule has 0 saturated carbocycles. The maximum Gasteiger partial charge on any atom is 0.0629 e. The van der Waals surface area contributed by atoms with Gasteiger partial charge < -0.3 is 9.13 Å². The van der Waals surface area contributed by atoms with Crippen molar-refractivity contribution in [2.75, 3.05) is 0 Å². The van der Waals surface area contributed by atoms with Crippen molar-refractivity contribution in [3.63, 3.8) is 0 Å². The quantitative estimate of drug-likeness (QED) is 0.184. The van der Waals surface area contributed by atoms with Crippen molar-refractivity contribution >= 4 is 43.6 Å². The summed E-state index contributed by atoms with van der Waals surface area (Å²) in [7, 11) is 0. The van der Waals surface area contributed by atoms with E-state index in [-0.39, 0.29) is 35.1 Å². The van der Waals surface area contributed by atoms with Gasteiger partial charge in [-0.1, -0.05) is 129 Å². The van der Waals surface area contributed by atoms with Gasteiger partial charge in [0, 0.05) is 38.3 Å². The van der Waals surface area contributed by atoms with Crippen molar-refractivity contribution in [3.8, 4) is 22.5 Å². The summed E-state index contributed by atoms with van der Waals surface area (Å²) in [6, 6.07) is 47.1. The average molecular weight is 608 g/mol. The van der Waals surface area contributed by atoms with Gasteiger partial charge in [0.1, 0.15) is 0 Å². The van der Waals surface area contributed by atoms with E-state index in [0.29, 0.717) is 5.56 Å². The van der Waals surface area contributed by atoms with E-state index in [0.717, 1.165) is 44.2 Å². The molecule has 0 saturated heterocycles. The molecule has 47 heavy (non-hydrogen) atoms. The van der Waals surface area contributed by atoms with Gasteiger partial charge in [-0.25, -0.2) is 0 Å². The Hall–Kier alpha value is -5.86. The summed E-state index contributed by atoms with van der Waals surface area (Å²) in [5.41, 5.74) is 9.25. The molecule has 224 valence electrons. The fourth-order valence-electron chi connectivity index (χ4n) is 7.23. The summed E-state index contributed by atoms with van der Waals surface area (Å²) >= 11 is 0. The monoisotopic (exact) mass is 607 g/mol. The van der Waals surface area contributed by atoms with Crippen molar-refractivity contribution in [3.05, 3.63) is 181 Å². The number of nitrogens with zero attached hydrogens (tertiary/aromatic N) is 2. The van der Waals surface area contributed by atoms with Gasteiger partial charge in [-0.3, -0.25) is 0 Å². The Morgan fingerprint density at radius 2 is 0.936 bits per heavy atom. The van der Waals surface area contributed by atoms with Crippen molar-refractivity contribution in [2.24, 2.45) is 0 Å². The van der Waals surface area contributed by atoms with Crippen LogP contribution in [0.25, 0.3) is 66.1 Å². The predicted octanol–water partition coefficient (Wildman–Crippen LogP) is 11.9. The molecule has 0 atom stereocenters. The summed E-state index contributed by atoms with van der Waals surface area (Å²) < 4.78 is 46.8. The Bertz CT molecular complexity index is 2780. The SMILES string of the molecule is [2H]c1c([2H])c([2H])c(-c2ccc3c(c2)c2cc(-n4c5ccccc5c5ccccc54)ccc2n3-c2ccc(C(C)(C)c3ccccc3)cc2)c([2H])c1[2H]. The van der Waals surface area contributed by atoms with E-state index in [4.69, 9.17) is 6.85 Å². The fourth-order valence-corrected chi connectivity index (χ4v) is 7.23. The van der Waals surface area contributed by atoms with Crippen LogP contribution in [0.15, 0.2) is 170 Å². The van der Waals surface area contributed by atoms with Gasteiger partial charge in [-0.05, 0) is 76.9 Å². The maximum absolute atomic E-state index is 8.72. The van der Waals surface area contributed by atoms with Gasteiger partial charge in [0.05, 0.1) is 28.9 Å². The Morgan fingerprint density at radius 1 is 0.426 bits per heavy atom. The molecule has 2 heteroatoms. The zero-order valence-corrected chi connectivity index (χ0v) is 26.2. The molecule has 0 bridgehead atoms. The molecule has 0 N–H and O–H groups in total. The summed E-state index contributed by atoms with van der Waals surface area (Å²) in [4.78, 5) is 0. The van der Waals surface area contributed by atoms with Crippen molar-refractivity contribution < 1.29 is 6.85 Å². The van der Waals surface area contributed by atoms with E-state index < -0.39 is 6.04 Å². The van der Waals surface area contributed by atoms with Crippen LogP contribution in [0.2, 0.25) is 0 Å². The van der Waals surface area contributed by atoms with Crippen molar-refractivity contribution in [2.45, 2.75) is 19.3 Å². The van der Waals surface area contributed by atoms with Gasteiger partial charge >= 0.3 is 0 Å². The third-order valence-electron chi connectivity index (χ3n) is 9.72. The lowest BCUT2D eigenvalue weighted by Gasteiger charge is -2.26. The fraction of sp³-hybridized carbons (Fsp3) is 0.0667. The van der Waals surface area contributed by atoms with Crippen LogP contribution in [0.4, 0.5) is 0 Å². The van der Waals surface area contributed by atoms with Crippen LogP contribution in [0, 0.1) is 0 Å². The van der Waals surface area contributed by atoms with Crippen LogP contribution in [0.5, 0.6) is 0 Å². The highest BCUT2D eigenvalue weighted by Crippen LogP contribution is 2.39. The van der Waals surface area contributed by atoms with Crippen LogP contribution < -0.4 is 0 Å². The van der Waals surface area contributed by atoms with Crippen molar-refractivity contribution in [1.82, 2.24) is 9.13 Å². The van der Waals surface area contributed by atoms with Gasteiger partial charge in [0.2, 0.25) is 0 Å². The topological polar surface area (TPSA) is 9.86 Å². The van der Waals surface area contributed by atoms with Gasteiger partial charge in [-0.2, -0.15) is 0 Å². The third kappa shape index (κ3) is 4.33. The molecule has 0 aliphatic heterocycles. The predicted molar refractivity (Wildman–Crippen MR) is 199 cm³/mol. The molecule has 9 aromatic rings. The molecule has 0 spiro atoms. The van der Waals surface area contributed by atoms with E-state index in [1.54, 1.807) is 0 Å². The molecule has 9 rings (SSSR count). The minimum atomic E-state index is -0.397. The highest BCUT2D eigenvalue weighted by Gasteiger charge is 2.23. The van der Waals surface area contributed by atoms with E-state index in [1.807, 2.05) is 24.3 Å². The Labute approximate surface area is 281 Å². The van der Waals surface area contributed by atoms with Crippen LogP contribution in [-0.4, -0.2) is 9.13 Å². The summed E-state index contributed by atoms with van der Waals surface area (Å²) in [5, 5.41) is 4.29. The zero-order chi connectivity index (χ0) is 35.9. The number of hydrogen-bond acceptors (Lipinski definition) is 0. The van der Waals surface area contributed by atoms with Gasteiger partial charge in [-0.15, -0.1) is 0 Å². The zero-order valence-electron chi connectivity index (χ0n) is 31.2. The molecule has 2 aromatic heterocycles. The highest BCUT2D eigenvalue weighted by atomic mass is 15.0. The lowest BCUT2D eigenvalue weighted by atomic mass is 9.78. The first-order chi connectivity index (χ1) is 25.1. The normalized spacial score (nSPS) is 13.5. The third-order valence-corrected chi connectivity index (χ3v) is 9.72. The summed E-state index contributed by atoms with van der Waals surface area (Å²) in [5.74, 6) is 0. The summed E-state index contributed by atoms with van der Waals surface area (Å²) in [6.45, 7) is 4.49. The lowest BCUT2D eigenvalue weighted by Crippen LogP contribution is -2.18. The number of fused-ring (bicyclic) bond motifs is 6. The van der Waals surface area contributed by atoms with E-state index in [9.17, 15) is 0 Å². The second-order valence-corrected chi connectivity index (χ2v) is 12.7. The number of hydrogen-bond donors (Lipinski definition) is 0. The first-order valence-corrected chi connectivity index (χ1v) is 16.0. The molecule has 0 aliphatic rings. The smallest absolute Gasteiger partial charge is 0.0629 e. The lowest BCUT2D eigenvalue weighted by molar-refractivity contribution is 0.641. The first-order valence-electron chi connectivity index (χ1n) is 18.5. The average Bonchev–Trinajstić information content (AvgIpc) is 3.69. The summed E-state index contributed by atoms with van der Waals surface area (Å²) in [6.07, 6.45) is 0. The van der Waals surface area contributed by atoms with Crippen LogP contribution in [-0.2, 0) is 5.41 Å². The molecular formula is C45H34N2. The van der Waals surface area contributed by atoms with Crippen LogP contribution in [0.3, 0.4) is 0 Å². The van der Waals surface area contributed by atoms with Crippen LogP contribution in [0.1, 0.15) is 31.8 Å². The van der Waals surface area contributed by atoms with Crippen molar-refractivity contribution in [1.29, 1.82) is 0 Å². The second-order valence-electron chi connectivity index (χ2n) is 12.7. The van der Waals surface area contributed by atoms with Gasteiger partial charge in [0.15, 0.2) is 0 Å². The molecule has 0 unspecified atom stereocenters. The van der Waals surface area contributed by atoms with E-state index in [2.05, 4.69) is 138 Å². The number of para-hydroxylation sites is 2. The molecule has 0 amide bonds. The largest absolute Gasteiger partial charge is 0.309 e. The molecule has 2 heterocycles. The van der Waals surface area contributed by atoms with E-state index >= 15 is 0 Å². The molecule has 2 nitrogen and oxygen atoms in total. The molecule has 0 fully saturated rings. The van der Waals surface area contributed by atoms with Crippen LogP contribution >= 0.6 is 0 Å². The first kappa shape index (κ1) is 22.6. The number of rotatable bonds is 5. The number of benzene rings is 7. The highest BCUT2D eigenvalue weighted by molar-refractivity contribution is 6.13. The molecule has 7 aromatic carbocycles. The Morgan fingerprint density at radius 3 is 1.62 bits per heavy atom. The van der Waals surface area contributed by atoms with Gasteiger partial charge in [0.25, 0.3) is 0 Å².